The van der Waals surface area contributed by atoms with Crippen LogP contribution in [-0.2, 0) is 4.74 Å². The second kappa shape index (κ2) is 6.97. The molecule has 0 aliphatic carbocycles. The minimum atomic E-state index is 0.410. The number of rotatable bonds is 4. The summed E-state index contributed by atoms with van der Waals surface area (Å²) in [4.78, 5) is 9.47. The number of likely N-dealkylation sites (tertiary alicyclic amines) is 2. The van der Waals surface area contributed by atoms with Gasteiger partial charge in [-0.1, -0.05) is 0 Å². The van der Waals surface area contributed by atoms with Crippen molar-refractivity contribution in [1.82, 2.24) is 15.1 Å². The normalized spacial score (nSPS) is 30.7. The van der Waals surface area contributed by atoms with Crippen molar-refractivity contribution < 1.29 is 4.74 Å². The Morgan fingerprint density at radius 3 is 2.81 bits per heavy atom. The smallest absolute Gasteiger partial charge is 0.193 e. The summed E-state index contributed by atoms with van der Waals surface area (Å²) < 4.78 is 5.61. The maximum absolute atomic E-state index is 5.61. The van der Waals surface area contributed by atoms with E-state index in [2.05, 4.69) is 20.1 Å². The summed E-state index contributed by atoms with van der Waals surface area (Å²) in [5.41, 5.74) is 0.410. The Morgan fingerprint density at radius 1 is 1.24 bits per heavy atom. The number of hydrogen-bond donors (Lipinski definition) is 1. The van der Waals surface area contributed by atoms with E-state index in [0.29, 0.717) is 5.41 Å². The van der Waals surface area contributed by atoms with E-state index in [1.165, 1.54) is 51.7 Å². The van der Waals surface area contributed by atoms with Crippen molar-refractivity contribution in [3.63, 3.8) is 0 Å². The molecule has 0 amide bonds. The summed E-state index contributed by atoms with van der Waals surface area (Å²) in [5.74, 6) is 1.08. The van der Waals surface area contributed by atoms with Gasteiger partial charge >= 0.3 is 0 Å². The first-order valence-corrected chi connectivity index (χ1v) is 8.57. The molecule has 3 aliphatic heterocycles. The van der Waals surface area contributed by atoms with Crippen LogP contribution in [0.4, 0.5) is 0 Å². The molecule has 5 nitrogen and oxygen atoms in total. The fraction of sp³-hybridized carbons (Fsp3) is 0.938. The molecule has 5 heteroatoms. The first kappa shape index (κ1) is 15.1. The van der Waals surface area contributed by atoms with Crippen LogP contribution in [0, 0.1) is 5.41 Å². The van der Waals surface area contributed by atoms with Crippen molar-refractivity contribution >= 4 is 5.96 Å². The van der Waals surface area contributed by atoms with Crippen molar-refractivity contribution in [2.45, 2.75) is 32.1 Å². The predicted octanol–water partition coefficient (Wildman–Crippen LogP) is 1.16. The van der Waals surface area contributed by atoms with Crippen LogP contribution in [0.3, 0.4) is 0 Å². The van der Waals surface area contributed by atoms with E-state index in [4.69, 9.17) is 4.74 Å². The number of ether oxygens (including phenoxy) is 1. The Labute approximate surface area is 128 Å². The lowest BCUT2D eigenvalue weighted by atomic mass is 9.87. The Bertz CT molecular complexity index is 359. The maximum Gasteiger partial charge on any atom is 0.193 e. The second-order valence-corrected chi connectivity index (χ2v) is 6.85. The van der Waals surface area contributed by atoms with Crippen LogP contribution in [-0.4, -0.2) is 75.3 Å². The number of nitrogens with zero attached hydrogens (tertiary/aromatic N) is 3. The maximum atomic E-state index is 5.61. The van der Waals surface area contributed by atoms with E-state index in [1.54, 1.807) is 0 Å². The minimum absolute atomic E-state index is 0.410. The quantitative estimate of drug-likeness (QED) is 0.480. The van der Waals surface area contributed by atoms with Crippen LogP contribution in [0.1, 0.15) is 32.1 Å². The van der Waals surface area contributed by atoms with Crippen molar-refractivity contribution in [2.75, 3.05) is 59.5 Å². The standard InChI is InChI=1S/C16H30N4O/c1-17-15(18-7-4-10-19-8-2-3-9-19)20-11-5-16(13-20)6-12-21-14-16/h2-14H2,1H3,(H,17,18). The molecule has 0 aromatic carbocycles. The number of nitrogens with one attached hydrogen (secondary N) is 1. The molecule has 3 aliphatic rings. The third-order valence-electron chi connectivity index (χ3n) is 5.27. The average molecular weight is 294 g/mol. The van der Waals surface area contributed by atoms with Gasteiger partial charge in [-0.15, -0.1) is 0 Å². The molecule has 1 spiro atoms. The Hall–Kier alpha value is -0.810. The molecule has 0 aromatic heterocycles. The zero-order valence-electron chi connectivity index (χ0n) is 13.4. The lowest BCUT2D eigenvalue weighted by Gasteiger charge is -2.25. The summed E-state index contributed by atoms with van der Waals surface area (Å²) >= 11 is 0. The van der Waals surface area contributed by atoms with Gasteiger partial charge in [0.05, 0.1) is 6.61 Å². The van der Waals surface area contributed by atoms with E-state index >= 15 is 0 Å². The Morgan fingerprint density at radius 2 is 2.10 bits per heavy atom. The molecule has 3 heterocycles. The van der Waals surface area contributed by atoms with Crippen molar-refractivity contribution in [3.8, 4) is 0 Å². The molecule has 21 heavy (non-hydrogen) atoms. The van der Waals surface area contributed by atoms with Gasteiger partial charge in [-0.05, 0) is 51.7 Å². The molecule has 3 rings (SSSR count). The largest absolute Gasteiger partial charge is 0.381 e. The van der Waals surface area contributed by atoms with E-state index in [0.717, 1.165) is 38.8 Å². The molecule has 1 unspecified atom stereocenters. The van der Waals surface area contributed by atoms with Gasteiger partial charge in [0.25, 0.3) is 0 Å². The predicted molar refractivity (Wildman–Crippen MR) is 85.7 cm³/mol. The van der Waals surface area contributed by atoms with Crippen LogP contribution >= 0.6 is 0 Å². The zero-order valence-corrected chi connectivity index (χ0v) is 13.4. The third kappa shape index (κ3) is 3.69. The first-order valence-electron chi connectivity index (χ1n) is 8.57. The van der Waals surface area contributed by atoms with Gasteiger partial charge in [0.1, 0.15) is 0 Å². The summed E-state index contributed by atoms with van der Waals surface area (Å²) in [5, 5.41) is 3.55. The van der Waals surface area contributed by atoms with Gasteiger partial charge in [0.15, 0.2) is 5.96 Å². The molecule has 120 valence electrons. The van der Waals surface area contributed by atoms with Crippen molar-refractivity contribution in [1.29, 1.82) is 0 Å². The van der Waals surface area contributed by atoms with E-state index < -0.39 is 0 Å². The second-order valence-electron chi connectivity index (χ2n) is 6.85. The first-order chi connectivity index (χ1) is 10.3. The SMILES string of the molecule is CN=C(NCCCN1CCCC1)N1CCC2(CCOC2)C1. The number of guanidine groups is 1. The summed E-state index contributed by atoms with van der Waals surface area (Å²) in [6.45, 7) is 8.96. The van der Waals surface area contributed by atoms with E-state index in [-0.39, 0.29) is 0 Å². The van der Waals surface area contributed by atoms with Gasteiger partial charge in [-0.25, -0.2) is 0 Å². The number of aliphatic imine (C=N–C) groups is 1. The highest BCUT2D eigenvalue weighted by molar-refractivity contribution is 5.80. The molecule has 3 saturated heterocycles. The highest BCUT2D eigenvalue weighted by atomic mass is 16.5. The van der Waals surface area contributed by atoms with Crippen molar-refractivity contribution in [2.24, 2.45) is 10.4 Å². The topological polar surface area (TPSA) is 40.1 Å². The van der Waals surface area contributed by atoms with Crippen molar-refractivity contribution in [3.05, 3.63) is 0 Å². The van der Waals surface area contributed by atoms with Gasteiger partial charge in [-0.2, -0.15) is 0 Å². The van der Waals surface area contributed by atoms with Crippen LogP contribution in [0.5, 0.6) is 0 Å². The highest BCUT2D eigenvalue weighted by Crippen LogP contribution is 2.38. The number of hydrogen-bond acceptors (Lipinski definition) is 3. The molecular formula is C16H30N4O. The fourth-order valence-corrected chi connectivity index (χ4v) is 3.93. The van der Waals surface area contributed by atoms with Crippen LogP contribution in [0.25, 0.3) is 0 Å². The fourth-order valence-electron chi connectivity index (χ4n) is 3.93. The molecule has 0 radical (unpaired) electrons. The molecule has 1 atom stereocenters. The molecule has 0 bridgehead atoms. The van der Waals surface area contributed by atoms with Gasteiger partial charge in [0.2, 0.25) is 0 Å². The molecule has 0 aromatic rings. The highest BCUT2D eigenvalue weighted by Gasteiger charge is 2.42. The Kier molecular flexibility index (Phi) is 5.01. The molecule has 0 saturated carbocycles. The Balaban J connectivity index is 1.39. The molecule has 1 N–H and O–H groups in total. The van der Waals surface area contributed by atoms with Gasteiger partial charge < -0.3 is 19.9 Å². The van der Waals surface area contributed by atoms with Gasteiger partial charge in [0, 0.05) is 38.7 Å². The van der Waals surface area contributed by atoms with E-state index in [1.807, 2.05) is 7.05 Å². The lowest BCUT2D eigenvalue weighted by Crippen LogP contribution is -2.42. The molecule has 3 fully saturated rings. The third-order valence-corrected chi connectivity index (χ3v) is 5.27. The monoisotopic (exact) mass is 294 g/mol. The minimum Gasteiger partial charge on any atom is -0.381 e. The average Bonchev–Trinajstić information content (AvgIpc) is 3.24. The molecular weight excluding hydrogens is 264 g/mol. The summed E-state index contributed by atoms with van der Waals surface area (Å²) in [7, 11) is 1.90. The van der Waals surface area contributed by atoms with Crippen LogP contribution < -0.4 is 5.32 Å². The summed E-state index contributed by atoms with van der Waals surface area (Å²) in [6.07, 6.45) is 6.44. The van der Waals surface area contributed by atoms with E-state index in [9.17, 15) is 0 Å². The summed E-state index contributed by atoms with van der Waals surface area (Å²) in [6, 6.07) is 0. The lowest BCUT2D eigenvalue weighted by molar-refractivity contribution is 0.156. The zero-order chi connectivity index (χ0) is 14.5. The van der Waals surface area contributed by atoms with Gasteiger partial charge in [-0.3, -0.25) is 4.99 Å². The van der Waals surface area contributed by atoms with Crippen LogP contribution in [0.15, 0.2) is 4.99 Å². The van der Waals surface area contributed by atoms with Crippen LogP contribution in [0.2, 0.25) is 0 Å².